The van der Waals surface area contributed by atoms with Crippen molar-refractivity contribution in [1.29, 1.82) is 0 Å². The Hall–Kier alpha value is -3.35. The zero-order chi connectivity index (χ0) is 19.9. The van der Waals surface area contributed by atoms with Crippen molar-refractivity contribution < 1.29 is 14.3 Å². The van der Waals surface area contributed by atoms with Gasteiger partial charge in [-0.15, -0.1) is 5.10 Å². The van der Waals surface area contributed by atoms with Crippen LogP contribution in [-0.4, -0.2) is 41.7 Å². The van der Waals surface area contributed by atoms with E-state index in [1.165, 1.54) is 5.56 Å². The van der Waals surface area contributed by atoms with Gasteiger partial charge in [0.2, 0.25) is 0 Å². The van der Waals surface area contributed by atoms with Gasteiger partial charge in [-0.3, -0.25) is 4.79 Å². The molecule has 0 aliphatic rings. The van der Waals surface area contributed by atoms with Gasteiger partial charge in [0.1, 0.15) is 0 Å². The number of carbonyl (C=O) groups excluding carboxylic acids is 1. The van der Waals surface area contributed by atoms with Gasteiger partial charge in [0, 0.05) is 6.54 Å². The quantitative estimate of drug-likeness (QED) is 0.650. The molecule has 28 heavy (non-hydrogen) atoms. The highest BCUT2D eigenvalue weighted by molar-refractivity contribution is 5.91. The number of rotatable bonds is 8. The van der Waals surface area contributed by atoms with Crippen LogP contribution in [0.4, 0.5) is 0 Å². The SMILES string of the molecule is CCc1ccc(-n2cc(C(=O)NCCc3ccc(OC)c(OC)c3)nn2)cc1. The van der Waals surface area contributed by atoms with E-state index in [0.717, 1.165) is 17.7 Å². The number of carbonyl (C=O) groups is 1. The third-order valence-corrected chi connectivity index (χ3v) is 4.48. The summed E-state index contributed by atoms with van der Waals surface area (Å²) in [4.78, 5) is 12.3. The molecule has 0 aliphatic carbocycles. The fourth-order valence-corrected chi connectivity index (χ4v) is 2.83. The number of aryl methyl sites for hydroxylation is 1. The maximum atomic E-state index is 12.3. The second-order valence-electron chi connectivity index (χ2n) is 6.26. The van der Waals surface area contributed by atoms with Crippen LogP contribution in [0.15, 0.2) is 48.7 Å². The fourth-order valence-electron chi connectivity index (χ4n) is 2.83. The maximum Gasteiger partial charge on any atom is 0.273 e. The molecule has 0 unspecified atom stereocenters. The maximum absolute atomic E-state index is 12.3. The molecule has 0 fully saturated rings. The van der Waals surface area contributed by atoms with Gasteiger partial charge < -0.3 is 14.8 Å². The molecule has 1 heterocycles. The fraction of sp³-hybridized carbons (Fsp3) is 0.286. The standard InChI is InChI=1S/C21H24N4O3/c1-4-15-5-8-17(9-6-15)25-14-18(23-24-25)21(26)22-12-11-16-7-10-19(27-2)20(13-16)28-3/h5-10,13-14H,4,11-12H2,1-3H3,(H,22,26). The Bertz CT molecular complexity index is 935. The molecule has 7 nitrogen and oxygen atoms in total. The molecule has 0 spiro atoms. The van der Waals surface area contributed by atoms with Crippen molar-refractivity contribution in [3.8, 4) is 17.2 Å². The smallest absolute Gasteiger partial charge is 0.273 e. The van der Waals surface area contributed by atoms with E-state index >= 15 is 0 Å². The van der Waals surface area contributed by atoms with Crippen LogP contribution < -0.4 is 14.8 Å². The summed E-state index contributed by atoms with van der Waals surface area (Å²) in [5, 5.41) is 10.9. The summed E-state index contributed by atoms with van der Waals surface area (Å²) in [6.07, 6.45) is 3.27. The molecule has 0 aliphatic heterocycles. The lowest BCUT2D eigenvalue weighted by atomic mass is 10.1. The lowest BCUT2D eigenvalue weighted by molar-refractivity contribution is 0.0949. The molecule has 1 amide bonds. The van der Waals surface area contributed by atoms with Gasteiger partial charge in [-0.1, -0.05) is 30.3 Å². The van der Waals surface area contributed by atoms with Crippen molar-refractivity contribution >= 4 is 5.91 Å². The zero-order valence-electron chi connectivity index (χ0n) is 16.3. The van der Waals surface area contributed by atoms with Crippen LogP contribution in [0, 0.1) is 0 Å². The van der Waals surface area contributed by atoms with E-state index in [-0.39, 0.29) is 11.6 Å². The van der Waals surface area contributed by atoms with Crippen LogP contribution in [0.3, 0.4) is 0 Å². The van der Waals surface area contributed by atoms with Crippen LogP contribution in [0.2, 0.25) is 0 Å². The highest BCUT2D eigenvalue weighted by Crippen LogP contribution is 2.27. The number of benzene rings is 2. The van der Waals surface area contributed by atoms with E-state index in [1.54, 1.807) is 25.1 Å². The first-order valence-electron chi connectivity index (χ1n) is 9.15. The van der Waals surface area contributed by atoms with Gasteiger partial charge >= 0.3 is 0 Å². The average molecular weight is 380 g/mol. The molecule has 1 aromatic heterocycles. The number of nitrogens with zero attached hydrogens (tertiary/aromatic N) is 3. The summed E-state index contributed by atoms with van der Waals surface area (Å²) in [7, 11) is 3.20. The first-order valence-corrected chi connectivity index (χ1v) is 9.15. The lowest BCUT2D eigenvalue weighted by Gasteiger charge is -2.09. The summed E-state index contributed by atoms with van der Waals surface area (Å²) >= 11 is 0. The number of methoxy groups -OCH3 is 2. The molecule has 2 aromatic carbocycles. The van der Waals surface area contributed by atoms with Gasteiger partial charge in [-0.25, -0.2) is 4.68 Å². The summed E-state index contributed by atoms with van der Waals surface area (Å²) < 4.78 is 12.1. The number of hydrogen-bond acceptors (Lipinski definition) is 5. The third-order valence-electron chi connectivity index (χ3n) is 4.48. The minimum atomic E-state index is -0.253. The van der Waals surface area contributed by atoms with Crippen LogP contribution in [-0.2, 0) is 12.8 Å². The predicted molar refractivity (Wildman–Crippen MR) is 106 cm³/mol. The second kappa shape index (κ2) is 9.03. The van der Waals surface area contributed by atoms with E-state index in [1.807, 2.05) is 42.5 Å². The molecule has 1 N–H and O–H groups in total. The van der Waals surface area contributed by atoms with E-state index in [4.69, 9.17) is 9.47 Å². The van der Waals surface area contributed by atoms with Gasteiger partial charge in [0.05, 0.1) is 26.1 Å². The molecule has 0 bridgehead atoms. The first-order chi connectivity index (χ1) is 13.6. The van der Waals surface area contributed by atoms with Crippen molar-refractivity contribution in [3.05, 3.63) is 65.5 Å². The van der Waals surface area contributed by atoms with E-state index in [0.29, 0.717) is 24.5 Å². The van der Waals surface area contributed by atoms with Crippen LogP contribution >= 0.6 is 0 Å². The highest BCUT2D eigenvalue weighted by Gasteiger charge is 2.11. The first kappa shape index (κ1) is 19.4. The topological polar surface area (TPSA) is 78.3 Å². The van der Waals surface area contributed by atoms with E-state index in [9.17, 15) is 4.79 Å². The second-order valence-corrected chi connectivity index (χ2v) is 6.26. The minimum absolute atomic E-state index is 0.253. The Morgan fingerprint density at radius 2 is 1.75 bits per heavy atom. The molecular weight excluding hydrogens is 356 g/mol. The van der Waals surface area contributed by atoms with Crippen LogP contribution in [0.5, 0.6) is 11.5 Å². The molecule has 0 saturated carbocycles. The number of aromatic nitrogens is 3. The molecule has 0 radical (unpaired) electrons. The monoisotopic (exact) mass is 380 g/mol. The summed E-state index contributed by atoms with van der Waals surface area (Å²) in [5.74, 6) is 1.10. The molecule has 146 valence electrons. The van der Waals surface area contributed by atoms with Gasteiger partial charge in [-0.05, 0) is 48.2 Å². The van der Waals surface area contributed by atoms with E-state index in [2.05, 4.69) is 22.6 Å². The summed E-state index contributed by atoms with van der Waals surface area (Å²) in [5.41, 5.74) is 3.44. The number of amides is 1. The minimum Gasteiger partial charge on any atom is -0.493 e. The van der Waals surface area contributed by atoms with Crippen molar-refractivity contribution in [1.82, 2.24) is 20.3 Å². The van der Waals surface area contributed by atoms with Crippen molar-refractivity contribution in [2.24, 2.45) is 0 Å². The Labute approximate surface area is 164 Å². The Balaban J connectivity index is 1.57. The van der Waals surface area contributed by atoms with Crippen molar-refractivity contribution in [2.45, 2.75) is 19.8 Å². The highest BCUT2D eigenvalue weighted by atomic mass is 16.5. The van der Waals surface area contributed by atoms with E-state index < -0.39 is 0 Å². The molecule has 3 rings (SSSR count). The van der Waals surface area contributed by atoms with Crippen molar-refractivity contribution in [3.63, 3.8) is 0 Å². The third kappa shape index (κ3) is 4.49. The van der Waals surface area contributed by atoms with Gasteiger partial charge in [-0.2, -0.15) is 0 Å². The lowest BCUT2D eigenvalue weighted by Crippen LogP contribution is -2.26. The molecule has 0 saturated heterocycles. The Kier molecular flexibility index (Phi) is 6.26. The molecule has 0 atom stereocenters. The largest absolute Gasteiger partial charge is 0.493 e. The average Bonchev–Trinajstić information content (AvgIpc) is 3.24. The molecule has 7 heteroatoms. The molecular formula is C21H24N4O3. The Morgan fingerprint density at radius 1 is 1.04 bits per heavy atom. The predicted octanol–water partition coefficient (Wildman–Crippen LogP) is 2.82. The van der Waals surface area contributed by atoms with Crippen LogP contribution in [0.25, 0.3) is 5.69 Å². The summed E-state index contributed by atoms with van der Waals surface area (Å²) in [6, 6.07) is 13.7. The number of hydrogen-bond donors (Lipinski definition) is 1. The van der Waals surface area contributed by atoms with Crippen molar-refractivity contribution in [2.75, 3.05) is 20.8 Å². The number of ether oxygens (including phenoxy) is 2. The zero-order valence-corrected chi connectivity index (χ0v) is 16.3. The number of nitrogens with one attached hydrogen (secondary N) is 1. The Morgan fingerprint density at radius 3 is 2.43 bits per heavy atom. The normalized spacial score (nSPS) is 10.5. The van der Waals surface area contributed by atoms with Crippen LogP contribution in [0.1, 0.15) is 28.5 Å². The van der Waals surface area contributed by atoms with Gasteiger partial charge in [0.15, 0.2) is 17.2 Å². The summed E-state index contributed by atoms with van der Waals surface area (Å²) in [6.45, 7) is 2.58. The molecule has 3 aromatic rings. The van der Waals surface area contributed by atoms with Gasteiger partial charge in [0.25, 0.3) is 5.91 Å².